The van der Waals surface area contributed by atoms with Gasteiger partial charge in [0, 0.05) is 22.5 Å². The lowest BCUT2D eigenvalue weighted by Crippen LogP contribution is -2.51. The van der Waals surface area contributed by atoms with Gasteiger partial charge in [0.15, 0.2) is 0 Å². The maximum absolute atomic E-state index is 12.1. The van der Waals surface area contributed by atoms with Crippen LogP contribution in [0.3, 0.4) is 0 Å². The first-order valence-corrected chi connectivity index (χ1v) is 13.5. The number of benzene rings is 2. The van der Waals surface area contributed by atoms with Crippen LogP contribution in [0.15, 0.2) is 36.4 Å². The van der Waals surface area contributed by atoms with E-state index in [1.807, 2.05) is 13.0 Å². The molecule has 0 bridgehead atoms. The Morgan fingerprint density at radius 1 is 1.08 bits per heavy atom. The minimum atomic E-state index is -0.999. The molecule has 36 heavy (non-hydrogen) atoms. The van der Waals surface area contributed by atoms with Crippen LogP contribution in [0.1, 0.15) is 65.7 Å². The van der Waals surface area contributed by atoms with Crippen LogP contribution >= 0.6 is 11.8 Å². The average molecular weight is 518 g/mol. The van der Waals surface area contributed by atoms with Crippen molar-refractivity contribution in [2.24, 2.45) is 0 Å². The molecule has 0 aromatic heterocycles. The van der Waals surface area contributed by atoms with Crippen molar-refractivity contribution in [3.63, 3.8) is 0 Å². The Balaban J connectivity index is 1.60. The number of thioether (sulfide) groups is 1. The zero-order chi connectivity index (χ0) is 26.3. The van der Waals surface area contributed by atoms with Crippen molar-refractivity contribution in [3.8, 4) is 5.75 Å². The van der Waals surface area contributed by atoms with Gasteiger partial charge in [-0.05, 0) is 74.3 Å². The van der Waals surface area contributed by atoms with Crippen molar-refractivity contribution in [3.05, 3.63) is 64.2 Å². The Labute approximate surface area is 217 Å². The maximum Gasteiger partial charge on any atom is 0.220 e. The molecule has 0 spiro atoms. The second-order valence-electron chi connectivity index (χ2n) is 10.2. The van der Waals surface area contributed by atoms with Crippen molar-refractivity contribution >= 4 is 17.7 Å². The van der Waals surface area contributed by atoms with E-state index in [4.69, 9.17) is 0 Å². The molecule has 8 heteroatoms. The fourth-order valence-electron chi connectivity index (χ4n) is 4.54. The molecule has 0 aliphatic carbocycles. The standard InChI is InChI=1S/C28H39NO6S/c1-18-10-25(34)24(26-14-22(33)13-23(15-30)36-26)12-21(18)11-20-8-6-19(7-9-20)4-3-5-27(35)29-28(2,16-31)17-32/h6-10,12,22-23,26,30-34H,3-5,11,13-17H2,1-2H3,(H,29,35). The Bertz CT molecular complexity index is 1010. The number of phenols is 1. The van der Waals surface area contributed by atoms with E-state index in [2.05, 4.69) is 29.6 Å². The molecule has 0 saturated carbocycles. The molecule has 7 nitrogen and oxygen atoms in total. The summed E-state index contributed by atoms with van der Waals surface area (Å²) in [6.45, 7) is 2.97. The molecule has 2 aromatic rings. The minimum Gasteiger partial charge on any atom is -0.508 e. The smallest absolute Gasteiger partial charge is 0.220 e. The van der Waals surface area contributed by atoms with E-state index in [0.29, 0.717) is 32.1 Å². The molecule has 1 aliphatic rings. The topological polar surface area (TPSA) is 130 Å². The summed E-state index contributed by atoms with van der Waals surface area (Å²) < 4.78 is 0. The summed E-state index contributed by atoms with van der Waals surface area (Å²) in [6, 6.07) is 12.1. The Morgan fingerprint density at radius 3 is 2.39 bits per heavy atom. The van der Waals surface area contributed by atoms with Crippen molar-refractivity contribution in [2.45, 2.75) is 74.5 Å². The number of nitrogens with one attached hydrogen (secondary N) is 1. The molecule has 2 aromatic carbocycles. The number of carbonyl (C=O) groups excluding carboxylic acids is 1. The summed E-state index contributed by atoms with van der Waals surface area (Å²) in [5, 5.41) is 51.6. The molecular weight excluding hydrogens is 478 g/mol. The quantitative estimate of drug-likeness (QED) is 0.270. The molecule has 3 atom stereocenters. The van der Waals surface area contributed by atoms with Gasteiger partial charge in [-0.25, -0.2) is 0 Å². The van der Waals surface area contributed by atoms with Crippen molar-refractivity contribution in [2.75, 3.05) is 19.8 Å². The maximum atomic E-state index is 12.1. The number of aliphatic hydroxyl groups is 4. The average Bonchev–Trinajstić information content (AvgIpc) is 2.86. The van der Waals surface area contributed by atoms with E-state index in [1.165, 1.54) is 0 Å². The van der Waals surface area contributed by atoms with Gasteiger partial charge >= 0.3 is 0 Å². The first-order chi connectivity index (χ1) is 17.2. The highest BCUT2D eigenvalue weighted by Gasteiger charge is 2.31. The number of aromatic hydroxyl groups is 1. The molecule has 1 heterocycles. The summed E-state index contributed by atoms with van der Waals surface area (Å²) in [5.74, 6) is 0.0435. The second kappa shape index (κ2) is 12.9. The van der Waals surface area contributed by atoms with Gasteiger partial charge in [0.05, 0.1) is 31.5 Å². The molecule has 1 saturated heterocycles. The van der Waals surface area contributed by atoms with Crippen LogP contribution in [0, 0.1) is 6.92 Å². The van der Waals surface area contributed by atoms with Gasteiger partial charge in [-0.2, -0.15) is 0 Å². The highest BCUT2D eigenvalue weighted by molar-refractivity contribution is 8.00. The molecule has 1 amide bonds. The highest BCUT2D eigenvalue weighted by Crippen LogP contribution is 2.46. The number of rotatable bonds is 11. The monoisotopic (exact) mass is 517 g/mol. The predicted molar refractivity (Wildman–Crippen MR) is 142 cm³/mol. The second-order valence-corrected chi connectivity index (χ2v) is 11.7. The SMILES string of the molecule is Cc1cc(O)c(C2CC(O)CC(CO)S2)cc1Cc1ccc(CCCC(=O)NC(C)(CO)CO)cc1. The number of amides is 1. The molecule has 1 aliphatic heterocycles. The number of hydrogen-bond donors (Lipinski definition) is 6. The molecule has 0 radical (unpaired) electrons. The lowest BCUT2D eigenvalue weighted by molar-refractivity contribution is -0.124. The number of hydrogen-bond acceptors (Lipinski definition) is 7. The largest absolute Gasteiger partial charge is 0.508 e. The van der Waals surface area contributed by atoms with Gasteiger partial charge in [-0.15, -0.1) is 11.8 Å². The lowest BCUT2D eigenvalue weighted by Gasteiger charge is -2.32. The van der Waals surface area contributed by atoms with Gasteiger partial charge in [-0.1, -0.05) is 30.3 Å². The number of aryl methyl sites for hydroxylation is 2. The molecular formula is C28H39NO6S. The van der Waals surface area contributed by atoms with E-state index in [0.717, 1.165) is 34.2 Å². The zero-order valence-corrected chi connectivity index (χ0v) is 21.9. The van der Waals surface area contributed by atoms with E-state index in [9.17, 15) is 30.3 Å². The van der Waals surface area contributed by atoms with Crippen LogP contribution < -0.4 is 5.32 Å². The lowest BCUT2D eigenvalue weighted by atomic mass is 9.93. The summed E-state index contributed by atoms with van der Waals surface area (Å²) >= 11 is 1.62. The van der Waals surface area contributed by atoms with Crippen LogP contribution in [-0.4, -0.2) is 68.2 Å². The first-order valence-electron chi connectivity index (χ1n) is 12.5. The van der Waals surface area contributed by atoms with E-state index in [-0.39, 0.29) is 42.0 Å². The summed E-state index contributed by atoms with van der Waals surface area (Å²) in [5.41, 5.74) is 4.20. The van der Waals surface area contributed by atoms with Crippen molar-refractivity contribution in [1.29, 1.82) is 0 Å². The fraction of sp³-hybridized carbons (Fsp3) is 0.536. The van der Waals surface area contributed by atoms with E-state index in [1.54, 1.807) is 24.8 Å². The highest BCUT2D eigenvalue weighted by atomic mass is 32.2. The van der Waals surface area contributed by atoms with Gasteiger partial charge in [0.1, 0.15) is 5.75 Å². The molecule has 198 valence electrons. The third kappa shape index (κ3) is 7.70. The molecule has 1 fully saturated rings. The fourth-order valence-corrected chi connectivity index (χ4v) is 6.09. The van der Waals surface area contributed by atoms with Gasteiger partial charge in [0.2, 0.25) is 5.91 Å². The third-order valence-corrected chi connectivity index (χ3v) is 8.34. The van der Waals surface area contributed by atoms with Crippen LogP contribution in [0.5, 0.6) is 5.75 Å². The van der Waals surface area contributed by atoms with Gasteiger partial charge in [0.25, 0.3) is 0 Å². The number of phenolic OH excluding ortho intramolecular Hbond substituents is 1. The third-order valence-electron chi connectivity index (χ3n) is 6.84. The Morgan fingerprint density at radius 2 is 1.75 bits per heavy atom. The first kappa shape index (κ1) is 28.5. The molecule has 3 unspecified atom stereocenters. The van der Waals surface area contributed by atoms with E-state index < -0.39 is 11.6 Å². The van der Waals surface area contributed by atoms with Crippen LogP contribution in [-0.2, 0) is 17.6 Å². The number of carbonyl (C=O) groups is 1. The van der Waals surface area contributed by atoms with Crippen LogP contribution in [0.4, 0.5) is 0 Å². The van der Waals surface area contributed by atoms with Crippen molar-refractivity contribution in [1.82, 2.24) is 5.32 Å². The molecule has 6 N–H and O–H groups in total. The number of aliphatic hydroxyl groups excluding tert-OH is 4. The normalized spacial score (nSPS) is 20.3. The zero-order valence-electron chi connectivity index (χ0n) is 21.1. The summed E-state index contributed by atoms with van der Waals surface area (Å²) in [6.07, 6.45) is 3.09. The summed E-state index contributed by atoms with van der Waals surface area (Å²) in [7, 11) is 0. The van der Waals surface area contributed by atoms with Crippen LogP contribution in [0.25, 0.3) is 0 Å². The van der Waals surface area contributed by atoms with Crippen LogP contribution in [0.2, 0.25) is 0 Å². The van der Waals surface area contributed by atoms with Crippen molar-refractivity contribution < 1.29 is 30.3 Å². The Hall–Kier alpha value is -2.10. The van der Waals surface area contributed by atoms with Gasteiger partial charge < -0.3 is 30.8 Å². The minimum absolute atomic E-state index is 0.0133. The predicted octanol–water partition coefficient (Wildman–Crippen LogP) is 2.76. The Kier molecular flexibility index (Phi) is 10.2. The van der Waals surface area contributed by atoms with E-state index >= 15 is 0 Å². The summed E-state index contributed by atoms with van der Waals surface area (Å²) in [4.78, 5) is 12.1. The molecule has 3 rings (SSSR count). The van der Waals surface area contributed by atoms with Gasteiger partial charge in [-0.3, -0.25) is 4.79 Å².